The van der Waals surface area contributed by atoms with E-state index in [1.165, 1.54) is 31.5 Å². The number of thioether (sulfide) groups is 1. The highest BCUT2D eigenvalue weighted by molar-refractivity contribution is 7.99. The summed E-state index contributed by atoms with van der Waals surface area (Å²) in [6.45, 7) is 1.80. The Morgan fingerprint density at radius 1 is 1.33 bits per heavy atom. The molecule has 2 aliphatic carbocycles. The molecule has 1 aromatic heterocycles. The molecule has 1 unspecified atom stereocenters. The molecule has 1 heterocycles. The molecule has 2 N–H and O–H groups in total. The van der Waals surface area contributed by atoms with E-state index in [2.05, 4.69) is 20.8 Å². The van der Waals surface area contributed by atoms with Crippen LogP contribution in [0.3, 0.4) is 0 Å². The highest BCUT2D eigenvalue weighted by Crippen LogP contribution is 2.46. The molecule has 0 amide bonds. The lowest BCUT2D eigenvalue weighted by Gasteiger charge is -2.14. The van der Waals surface area contributed by atoms with Crippen LogP contribution in [0.15, 0.2) is 5.16 Å². The zero-order valence-electron chi connectivity index (χ0n) is 12.6. The van der Waals surface area contributed by atoms with Gasteiger partial charge in [-0.1, -0.05) is 11.8 Å². The predicted molar refractivity (Wildman–Crippen MR) is 83.0 cm³/mol. The van der Waals surface area contributed by atoms with Crippen LogP contribution in [0.5, 0.6) is 0 Å². The highest BCUT2D eigenvalue weighted by Gasteiger charge is 2.36. The summed E-state index contributed by atoms with van der Waals surface area (Å²) in [5.41, 5.74) is 5.15. The molecule has 3 rings (SSSR count). The molecule has 1 aromatic rings. The molecule has 5 nitrogen and oxygen atoms in total. The Morgan fingerprint density at radius 3 is 2.71 bits per heavy atom. The maximum atomic E-state index is 8.89. The van der Waals surface area contributed by atoms with Gasteiger partial charge in [-0.25, -0.2) is 0 Å². The van der Waals surface area contributed by atoms with Crippen LogP contribution in [0.4, 0.5) is 0 Å². The second kappa shape index (κ2) is 5.98. The number of unbranched alkanes of at least 4 members (excludes halogenated alkanes) is 1. The Labute approximate surface area is 130 Å². The Hall–Kier alpha value is -1.06. The van der Waals surface area contributed by atoms with E-state index < -0.39 is 5.54 Å². The van der Waals surface area contributed by atoms with E-state index in [0.717, 1.165) is 30.2 Å². The molecule has 0 spiro atoms. The van der Waals surface area contributed by atoms with Crippen LogP contribution in [0.2, 0.25) is 0 Å². The average molecular weight is 305 g/mol. The number of hydrogen-bond acceptors (Lipinski definition) is 5. The van der Waals surface area contributed by atoms with Crippen molar-refractivity contribution in [2.75, 3.05) is 5.75 Å². The number of hydrogen-bond donors (Lipinski definition) is 1. The van der Waals surface area contributed by atoms with E-state index in [1.807, 2.05) is 0 Å². The summed E-state index contributed by atoms with van der Waals surface area (Å²) in [4.78, 5) is 0. The summed E-state index contributed by atoms with van der Waals surface area (Å²) in [7, 11) is 0. The molecular formula is C15H23N5S. The van der Waals surface area contributed by atoms with Crippen molar-refractivity contribution in [3.05, 3.63) is 5.82 Å². The lowest BCUT2D eigenvalue weighted by atomic mass is 9.99. The zero-order valence-corrected chi connectivity index (χ0v) is 13.4. The van der Waals surface area contributed by atoms with Gasteiger partial charge in [0.15, 0.2) is 5.16 Å². The average Bonchev–Trinajstić information content (AvgIpc) is 3.37. The third-order valence-electron chi connectivity index (χ3n) is 4.12. The smallest absolute Gasteiger partial charge is 0.191 e. The van der Waals surface area contributed by atoms with Crippen molar-refractivity contribution < 1.29 is 0 Å². The van der Waals surface area contributed by atoms with Crippen LogP contribution in [-0.4, -0.2) is 26.1 Å². The van der Waals surface area contributed by atoms with Gasteiger partial charge in [0.25, 0.3) is 0 Å². The molecular weight excluding hydrogens is 282 g/mol. The molecule has 21 heavy (non-hydrogen) atoms. The number of nitrogens with two attached hydrogens (primary N) is 1. The predicted octanol–water partition coefficient (Wildman–Crippen LogP) is 2.99. The van der Waals surface area contributed by atoms with Crippen molar-refractivity contribution >= 4 is 11.8 Å². The second-order valence-corrected chi connectivity index (χ2v) is 7.61. The molecule has 0 radical (unpaired) electrons. The Balaban J connectivity index is 1.48. The fourth-order valence-corrected chi connectivity index (χ4v) is 3.51. The topological polar surface area (TPSA) is 80.5 Å². The minimum absolute atomic E-state index is 0.657. The van der Waals surface area contributed by atoms with Gasteiger partial charge in [0.2, 0.25) is 0 Å². The maximum absolute atomic E-state index is 8.89. The van der Waals surface area contributed by atoms with Gasteiger partial charge in [0, 0.05) is 17.7 Å². The van der Waals surface area contributed by atoms with Crippen LogP contribution < -0.4 is 5.73 Å². The standard InChI is InChI=1S/C15H23N5S/c1-15(17,10-16)8-2-3-9-21-14-19-18-13(11-4-5-11)20(14)12-6-7-12/h11-12H,2-9,17H2,1H3. The van der Waals surface area contributed by atoms with Gasteiger partial charge >= 0.3 is 0 Å². The monoisotopic (exact) mass is 305 g/mol. The molecule has 2 fully saturated rings. The van der Waals surface area contributed by atoms with Gasteiger partial charge in [0.05, 0.1) is 6.07 Å². The SMILES string of the molecule is CC(N)(C#N)CCCCSc1nnc(C2CC2)n1C1CC1. The first-order valence-electron chi connectivity index (χ1n) is 7.88. The van der Waals surface area contributed by atoms with Crippen LogP contribution in [0.1, 0.15) is 69.7 Å². The summed E-state index contributed by atoms with van der Waals surface area (Å²) in [5, 5.41) is 18.8. The van der Waals surface area contributed by atoms with Crippen LogP contribution >= 0.6 is 11.8 Å². The van der Waals surface area contributed by atoms with Crippen molar-refractivity contribution in [3.63, 3.8) is 0 Å². The minimum atomic E-state index is -0.683. The zero-order chi connectivity index (χ0) is 14.9. The van der Waals surface area contributed by atoms with Gasteiger partial charge in [-0.05, 0) is 51.9 Å². The Bertz CT molecular complexity index is 537. The normalized spacial score (nSPS) is 21.0. The largest absolute Gasteiger partial charge is 0.314 e. The van der Waals surface area contributed by atoms with Crippen LogP contribution in [0, 0.1) is 11.3 Å². The number of nitrogens with zero attached hydrogens (tertiary/aromatic N) is 4. The number of rotatable bonds is 8. The van der Waals surface area contributed by atoms with Crippen molar-refractivity contribution in [1.29, 1.82) is 5.26 Å². The van der Waals surface area contributed by atoms with E-state index in [9.17, 15) is 0 Å². The van der Waals surface area contributed by atoms with E-state index >= 15 is 0 Å². The molecule has 0 aromatic carbocycles. The van der Waals surface area contributed by atoms with E-state index in [4.69, 9.17) is 11.0 Å². The minimum Gasteiger partial charge on any atom is -0.314 e. The molecule has 114 valence electrons. The van der Waals surface area contributed by atoms with Gasteiger partial charge in [-0.15, -0.1) is 10.2 Å². The van der Waals surface area contributed by atoms with E-state index in [1.54, 1.807) is 18.7 Å². The summed E-state index contributed by atoms with van der Waals surface area (Å²) >= 11 is 1.81. The summed E-state index contributed by atoms with van der Waals surface area (Å²) in [5.74, 6) is 2.91. The summed E-state index contributed by atoms with van der Waals surface area (Å²) in [6, 6.07) is 2.81. The molecule has 0 aliphatic heterocycles. The summed E-state index contributed by atoms with van der Waals surface area (Å²) in [6.07, 6.45) is 7.91. The number of aromatic nitrogens is 3. The Morgan fingerprint density at radius 2 is 2.10 bits per heavy atom. The van der Waals surface area contributed by atoms with Gasteiger partial charge in [-0.2, -0.15) is 5.26 Å². The van der Waals surface area contributed by atoms with Crippen LogP contribution in [0.25, 0.3) is 0 Å². The first-order valence-corrected chi connectivity index (χ1v) is 8.87. The maximum Gasteiger partial charge on any atom is 0.191 e. The van der Waals surface area contributed by atoms with Crippen molar-refractivity contribution in [1.82, 2.24) is 14.8 Å². The molecule has 0 saturated heterocycles. The fraction of sp³-hybridized carbons (Fsp3) is 0.800. The lowest BCUT2D eigenvalue weighted by molar-refractivity contribution is 0.518. The quantitative estimate of drug-likeness (QED) is 0.590. The highest BCUT2D eigenvalue weighted by atomic mass is 32.2. The first-order chi connectivity index (χ1) is 10.1. The summed E-state index contributed by atoms with van der Waals surface area (Å²) < 4.78 is 2.39. The van der Waals surface area contributed by atoms with Crippen molar-refractivity contribution in [2.45, 2.75) is 74.5 Å². The first kappa shape index (κ1) is 14.9. The molecule has 1 atom stereocenters. The van der Waals surface area contributed by atoms with Crippen molar-refractivity contribution in [2.24, 2.45) is 5.73 Å². The van der Waals surface area contributed by atoms with Gasteiger partial charge in [0.1, 0.15) is 11.4 Å². The van der Waals surface area contributed by atoms with E-state index in [-0.39, 0.29) is 0 Å². The van der Waals surface area contributed by atoms with Gasteiger partial charge < -0.3 is 10.3 Å². The third kappa shape index (κ3) is 3.78. The second-order valence-electron chi connectivity index (χ2n) is 6.55. The number of nitriles is 1. The van der Waals surface area contributed by atoms with Crippen LogP contribution in [-0.2, 0) is 0 Å². The molecule has 6 heteroatoms. The third-order valence-corrected chi connectivity index (χ3v) is 5.15. The van der Waals surface area contributed by atoms with E-state index in [0.29, 0.717) is 12.0 Å². The molecule has 2 aliphatic rings. The van der Waals surface area contributed by atoms with Gasteiger partial charge in [-0.3, -0.25) is 0 Å². The Kier molecular flexibility index (Phi) is 4.23. The van der Waals surface area contributed by atoms with Crippen molar-refractivity contribution in [3.8, 4) is 6.07 Å². The molecule has 2 saturated carbocycles. The molecule has 0 bridgehead atoms. The fourth-order valence-electron chi connectivity index (χ4n) is 2.50. The lowest BCUT2D eigenvalue weighted by Crippen LogP contribution is -2.33.